The molecule has 0 saturated carbocycles. The number of nitrogens with one attached hydrogen (secondary N) is 1. The second-order valence-corrected chi connectivity index (χ2v) is 9.71. The molecule has 10 heteroatoms. The second kappa shape index (κ2) is 5.43. The SMILES string of the molecule is O=C(O)c1csc(S(=O)(=O)NCC2CCS(=O)(=O)C2)c1. The van der Waals surface area contributed by atoms with E-state index in [0.717, 1.165) is 17.4 Å². The Balaban J connectivity index is 2.02. The molecule has 0 amide bonds. The van der Waals surface area contributed by atoms with E-state index >= 15 is 0 Å². The van der Waals surface area contributed by atoms with Gasteiger partial charge in [0.05, 0.1) is 17.1 Å². The van der Waals surface area contributed by atoms with Crippen molar-refractivity contribution in [1.29, 1.82) is 0 Å². The van der Waals surface area contributed by atoms with E-state index in [-0.39, 0.29) is 33.7 Å². The quantitative estimate of drug-likeness (QED) is 0.789. The third kappa shape index (κ3) is 3.57. The smallest absolute Gasteiger partial charge is 0.336 e. The molecule has 0 aliphatic carbocycles. The summed E-state index contributed by atoms with van der Waals surface area (Å²) in [5.74, 6) is -1.35. The Labute approximate surface area is 120 Å². The molecule has 0 radical (unpaired) electrons. The zero-order valence-electron chi connectivity index (χ0n) is 10.3. The van der Waals surface area contributed by atoms with Gasteiger partial charge >= 0.3 is 5.97 Å². The monoisotopic (exact) mass is 339 g/mol. The van der Waals surface area contributed by atoms with Crippen molar-refractivity contribution in [3.8, 4) is 0 Å². The molecule has 1 aliphatic rings. The molecule has 1 aromatic heterocycles. The Morgan fingerprint density at radius 3 is 2.70 bits per heavy atom. The van der Waals surface area contributed by atoms with E-state index in [1.165, 1.54) is 5.38 Å². The highest BCUT2D eigenvalue weighted by Gasteiger charge is 2.29. The number of carboxylic acids is 1. The minimum atomic E-state index is -3.79. The minimum absolute atomic E-state index is 0.0136. The average Bonchev–Trinajstić information content (AvgIpc) is 2.93. The number of rotatable bonds is 5. The molecular formula is C10H13NO6S3. The van der Waals surface area contributed by atoms with Crippen molar-refractivity contribution in [3.63, 3.8) is 0 Å². The van der Waals surface area contributed by atoms with Crippen LogP contribution in [-0.4, -0.2) is 46.0 Å². The predicted octanol–water partition coefficient (Wildman–Crippen LogP) is 0.159. The molecule has 0 aromatic carbocycles. The van der Waals surface area contributed by atoms with Crippen molar-refractivity contribution in [1.82, 2.24) is 4.72 Å². The highest BCUT2D eigenvalue weighted by Crippen LogP contribution is 2.22. The highest BCUT2D eigenvalue weighted by atomic mass is 32.2. The Bertz CT molecular complexity index is 718. The first-order chi connectivity index (χ1) is 9.20. The molecule has 1 atom stereocenters. The zero-order valence-corrected chi connectivity index (χ0v) is 12.7. The van der Waals surface area contributed by atoms with Crippen LogP contribution < -0.4 is 4.72 Å². The zero-order chi connectivity index (χ0) is 15.0. The molecule has 1 aliphatic heterocycles. The fourth-order valence-electron chi connectivity index (χ4n) is 1.90. The number of carbonyl (C=O) groups is 1. The second-order valence-electron chi connectivity index (χ2n) is 4.58. The summed E-state index contributed by atoms with van der Waals surface area (Å²) in [5, 5.41) is 10.00. The van der Waals surface area contributed by atoms with Crippen LogP contribution in [0.15, 0.2) is 15.7 Å². The Morgan fingerprint density at radius 2 is 2.20 bits per heavy atom. The van der Waals surface area contributed by atoms with Crippen molar-refractivity contribution in [2.75, 3.05) is 18.1 Å². The van der Waals surface area contributed by atoms with E-state index in [1.807, 2.05) is 0 Å². The van der Waals surface area contributed by atoms with Gasteiger partial charge in [0.15, 0.2) is 9.84 Å². The molecule has 1 unspecified atom stereocenters. The summed E-state index contributed by atoms with van der Waals surface area (Å²) in [4.78, 5) is 10.7. The average molecular weight is 339 g/mol. The largest absolute Gasteiger partial charge is 0.478 e. The molecule has 1 aromatic rings. The normalized spacial score (nSPS) is 21.9. The molecule has 7 nitrogen and oxygen atoms in total. The van der Waals surface area contributed by atoms with Gasteiger partial charge in [0.2, 0.25) is 10.0 Å². The first-order valence-corrected chi connectivity index (χ1v) is 9.90. The molecule has 20 heavy (non-hydrogen) atoms. The maximum atomic E-state index is 11.9. The van der Waals surface area contributed by atoms with Gasteiger partial charge in [-0.25, -0.2) is 26.4 Å². The fourth-order valence-corrected chi connectivity index (χ4v) is 6.08. The van der Waals surface area contributed by atoms with Gasteiger partial charge in [0.1, 0.15) is 4.21 Å². The molecule has 0 spiro atoms. The van der Waals surface area contributed by atoms with Crippen molar-refractivity contribution < 1.29 is 26.7 Å². The lowest BCUT2D eigenvalue weighted by atomic mass is 10.1. The fraction of sp³-hybridized carbons (Fsp3) is 0.500. The number of thiophene rings is 1. The first-order valence-electron chi connectivity index (χ1n) is 5.71. The maximum Gasteiger partial charge on any atom is 0.336 e. The van der Waals surface area contributed by atoms with Gasteiger partial charge in [-0.2, -0.15) is 0 Å². The van der Waals surface area contributed by atoms with Crippen molar-refractivity contribution in [2.45, 2.75) is 10.6 Å². The van der Waals surface area contributed by atoms with E-state index < -0.39 is 25.8 Å². The minimum Gasteiger partial charge on any atom is -0.478 e. The molecule has 0 bridgehead atoms. The van der Waals surface area contributed by atoms with Gasteiger partial charge in [-0.3, -0.25) is 0 Å². The summed E-state index contributed by atoms with van der Waals surface area (Å²) < 4.78 is 48.7. The van der Waals surface area contributed by atoms with Crippen LogP contribution in [0.3, 0.4) is 0 Å². The van der Waals surface area contributed by atoms with Gasteiger partial charge in [0, 0.05) is 11.9 Å². The van der Waals surface area contributed by atoms with Crippen LogP contribution >= 0.6 is 11.3 Å². The molecule has 1 fully saturated rings. The third-order valence-electron chi connectivity index (χ3n) is 2.98. The predicted molar refractivity (Wildman–Crippen MR) is 73.2 cm³/mol. The van der Waals surface area contributed by atoms with Crippen LogP contribution in [0.2, 0.25) is 0 Å². The number of hydrogen-bond donors (Lipinski definition) is 2. The topological polar surface area (TPSA) is 118 Å². The van der Waals surface area contributed by atoms with Gasteiger partial charge in [-0.15, -0.1) is 11.3 Å². The van der Waals surface area contributed by atoms with Crippen LogP contribution in [0, 0.1) is 5.92 Å². The van der Waals surface area contributed by atoms with E-state index in [9.17, 15) is 21.6 Å². The summed E-state index contributed by atoms with van der Waals surface area (Å²) >= 11 is 0.818. The van der Waals surface area contributed by atoms with Gasteiger partial charge < -0.3 is 5.11 Å². The lowest BCUT2D eigenvalue weighted by Gasteiger charge is -2.08. The summed E-state index contributed by atoms with van der Waals surface area (Å²) in [5.41, 5.74) is -0.0844. The third-order valence-corrected chi connectivity index (χ3v) is 7.68. The molecule has 2 heterocycles. The van der Waals surface area contributed by atoms with Crippen molar-refractivity contribution in [2.24, 2.45) is 5.92 Å². The number of sulfone groups is 1. The van der Waals surface area contributed by atoms with Crippen molar-refractivity contribution in [3.05, 3.63) is 17.0 Å². The Morgan fingerprint density at radius 1 is 1.50 bits per heavy atom. The summed E-state index contributed by atoms with van der Waals surface area (Å²) in [7, 11) is -6.83. The molecule has 112 valence electrons. The lowest BCUT2D eigenvalue weighted by Crippen LogP contribution is -2.29. The first kappa shape index (κ1) is 15.4. The van der Waals surface area contributed by atoms with E-state index in [0.29, 0.717) is 6.42 Å². The van der Waals surface area contributed by atoms with Crippen LogP contribution in [0.1, 0.15) is 16.8 Å². The lowest BCUT2D eigenvalue weighted by molar-refractivity contribution is 0.0697. The van der Waals surface area contributed by atoms with Crippen molar-refractivity contribution >= 4 is 37.2 Å². The van der Waals surface area contributed by atoms with Crippen LogP contribution in [-0.2, 0) is 19.9 Å². The van der Waals surface area contributed by atoms with Crippen LogP contribution in [0.25, 0.3) is 0 Å². The van der Waals surface area contributed by atoms with E-state index in [2.05, 4.69) is 4.72 Å². The van der Waals surface area contributed by atoms with Gasteiger partial charge in [0.25, 0.3) is 0 Å². The Hall–Kier alpha value is -0.970. The standard InChI is InChI=1S/C10H13NO6S3/c12-10(13)8-3-9(18-5-8)20(16,17)11-4-7-1-2-19(14,15)6-7/h3,5,7,11H,1-2,4,6H2,(H,12,13). The van der Waals surface area contributed by atoms with Gasteiger partial charge in [-0.1, -0.05) is 0 Å². The molecule has 2 rings (SSSR count). The van der Waals surface area contributed by atoms with Crippen LogP contribution in [0.5, 0.6) is 0 Å². The maximum absolute atomic E-state index is 11.9. The number of sulfonamides is 1. The highest BCUT2D eigenvalue weighted by molar-refractivity contribution is 7.92. The summed E-state index contributed by atoms with van der Waals surface area (Å²) in [6.07, 6.45) is 0.440. The number of hydrogen-bond acceptors (Lipinski definition) is 6. The van der Waals surface area contributed by atoms with Gasteiger partial charge in [-0.05, 0) is 18.4 Å². The number of carboxylic acid groups (broad SMARTS) is 1. The van der Waals surface area contributed by atoms with E-state index in [4.69, 9.17) is 5.11 Å². The van der Waals surface area contributed by atoms with E-state index in [1.54, 1.807) is 0 Å². The molecule has 1 saturated heterocycles. The number of aromatic carboxylic acids is 1. The van der Waals surface area contributed by atoms with Crippen LogP contribution in [0.4, 0.5) is 0 Å². The Kier molecular flexibility index (Phi) is 4.19. The molecule has 2 N–H and O–H groups in total. The molecular weight excluding hydrogens is 326 g/mol. The summed E-state index contributed by atoms with van der Waals surface area (Å²) in [6, 6.07) is 1.08. The summed E-state index contributed by atoms with van der Waals surface area (Å²) in [6.45, 7) is 0.0435.